The summed E-state index contributed by atoms with van der Waals surface area (Å²) in [6, 6.07) is 9.50. The topological polar surface area (TPSA) is 80.5 Å². The molecule has 0 saturated carbocycles. The quantitative estimate of drug-likeness (QED) is 0.749. The van der Waals surface area contributed by atoms with Crippen LogP contribution in [0.5, 0.6) is 5.75 Å². The van der Waals surface area contributed by atoms with E-state index < -0.39 is 0 Å². The minimum atomic E-state index is -0.114. The Morgan fingerprint density at radius 1 is 1.29 bits per heavy atom. The van der Waals surface area contributed by atoms with Crippen LogP contribution >= 0.6 is 0 Å². The van der Waals surface area contributed by atoms with Crippen LogP contribution in [0, 0.1) is 6.92 Å². The van der Waals surface area contributed by atoms with E-state index in [-0.39, 0.29) is 11.9 Å². The maximum Gasteiger partial charge on any atom is 0.259 e. The molecule has 1 aliphatic rings. The van der Waals surface area contributed by atoms with Crippen molar-refractivity contribution in [1.29, 1.82) is 0 Å². The van der Waals surface area contributed by atoms with Gasteiger partial charge in [-0.3, -0.25) is 4.79 Å². The molecule has 7 heteroatoms. The summed E-state index contributed by atoms with van der Waals surface area (Å²) in [5.74, 6) is 0.600. The van der Waals surface area contributed by atoms with Crippen LogP contribution in [0.25, 0.3) is 22.4 Å². The van der Waals surface area contributed by atoms with Crippen LogP contribution in [0.2, 0.25) is 0 Å². The Morgan fingerprint density at radius 2 is 2.07 bits per heavy atom. The average Bonchev–Trinajstić information content (AvgIpc) is 3.12. The molecule has 1 aliphatic heterocycles. The molecule has 4 rings (SSSR count). The van der Waals surface area contributed by atoms with Crippen LogP contribution < -0.4 is 10.1 Å². The molecule has 0 bridgehead atoms. The highest BCUT2D eigenvalue weighted by molar-refractivity contribution is 6.09. The number of rotatable bonds is 4. The Morgan fingerprint density at radius 3 is 2.82 bits per heavy atom. The third-order valence-electron chi connectivity index (χ3n) is 5.22. The highest BCUT2D eigenvalue weighted by atomic mass is 16.5. The van der Waals surface area contributed by atoms with Gasteiger partial charge in [-0.2, -0.15) is 0 Å². The summed E-state index contributed by atoms with van der Waals surface area (Å²) in [5.41, 5.74) is 3.04. The van der Waals surface area contributed by atoms with Crippen molar-refractivity contribution in [2.45, 2.75) is 25.8 Å². The monoisotopic (exact) mass is 380 g/mol. The number of carbonyl (C=O) groups excluding carboxylic acids is 1. The van der Waals surface area contributed by atoms with E-state index in [1.54, 1.807) is 13.2 Å². The molecule has 2 aromatic heterocycles. The first-order chi connectivity index (χ1) is 13.5. The van der Waals surface area contributed by atoms with E-state index in [0.29, 0.717) is 28.1 Å². The van der Waals surface area contributed by atoms with Crippen LogP contribution in [0.4, 0.5) is 0 Å². The van der Waals surface area contributed by atoms with Crippen molar-refractivity contribution in [1.82, 2.24) is 20.4 Å². The number of methoxy groups -OCH3 is 1. The van der Waals surface area contributed by atoms with E-state index >= 15 is 0 Å². The minimum Gasteiger partial charge on any atom is -0.497 e. The first kappa shape index (κ1) is 18.4. The zero-order chi connectivity index (χ0) is 19.7. The molecule has 1 amide bonds. The molecule has 146 valence electrons. The highest BCUT2D eigenvalue weighted by Gasteiger charge is 2.24. The van der Waals surface area contributed by atoms with Crippen LogP contribution in [0.1, 0.15) is 28.9 Å². The van der Waals surface area contributed by atoms with Gasteiger partial charge in [0.2, 0.25) is 0 Å². The number of hydrogen-bond donors (Lipinski definition) is 1. The number of amides is 1. The molecule has 0 atom stereocenters. The third-order valence-corrected chi connectivity index (χ3v) is 5.22. The first-order valence-corrected chi connectivity index (χ1v) is 9.46. The highest BCUT2D eigenvalue weighted by Crippen LogP contribution is 2.32. The van der Waals surface area contributed by atoms with Gasteiger partial charge in [0.1, 0.15) is 11.4 Å². The number of aromatic nitrogens is 2. The van der Waals surface area contributed by atoms with Crippen molar-refractivity contribution in [3.8, 4) is 17.0 Å². The number of nitrogens with zero attached hydrogens (tertiary/aromatic N) is 3. The Balaban J connectivity index is 1.73. The van der Waals surface area contributed by atoms with Crippen molar-refractivity contribution in [3.63, 3.8) is 0 Å². The van der Waals surface area contributed by atoms with Gasteiger partial charge in [0.15, 0.2) is 0 Å². The van der Waals surface area contributed by atoms with Gasteiger partial charge < -0.3 is 19.5 Å². The zero-order valence-corrected chi connectivity index (χ0v) is 16.4. The molecule has 3 aromatic rings. The van der Waals surface area contributed by atoms with E-state index in [9.17, 15) is 4.79 Å². The lowest BCUT2D eigenvalue weighted by molar-refractivity contribution is 0.0918. The lowest BCUT2D eigenvalue weighted by Crippen LogP contribution is -2.43. The molecule has 1 aromatic carbocycles. The van der Waals surface area contributed by atoms with Crippen molar-refractivity contribution >= 4 is 17.0 Å². The molecule has 1 N–H and O–H groups in total. The number of likely N-dealkylation sites (tertiary alicyclic amines) is 1. The van der Waals surface area contributed by atoms with Gasteiger partial charge in [-0.25, -0.2) is 4.98 Å². The fourth-order valence-electron chi connectivity index (χ4n) is 3.64. The fourth-order valence-corrected chi connectivity index (χ4v) is 3.64. The second kappa shape index (κ2) is 7.59. The number of nitrogens with one attached hydrogen (secondary N) is 1. The maximum absolute atomic E-state index is 13.1. The summed E-state index contributed by atoms with van der Waals surface area (Å²) >= 11 is 0. The Kier molecular flexibility index (Phi) is 5.00. The number of carbonyl (C=O) groups is 1. The normalized spacial score (nSPS) is 15.7. The lowest BCUT2D eigenvalue weighted by atomic mass is 10.0. The van der Waals surface area contributed by atoms with Crippen molar-refractivity contribution in [2.75, 3.05) is 27.2 Å². The number of pyridine rings is 1. The number of benzene rings is 1. The zero-order valence-electron chi connectivity index (χ0n) is 16.4. The van der Waals surface area contributed by atoms with Crippen LogP contribution in [-0.4, -0.2) is 54.2 Å². The largest absolute Gasteiger partial charge is 0.497 e. The Hall–Kier alpha value is -2.93. The van der Waals surface area contributed by atoms with Gasteiger partial charge in [0.05, 0.1) is 18.1 Å². The number of hydrogen-bond acceptors (Lipinski definition) is 6. The number of aryl methyl sites for hydroxylation is 1. The minimum absolute atomic E-state index is 0.114. The second-order valence-corrected chi connectivity index (χ2v) is 7.31. The predicted molar refractivity (Wildman–Crippen MR) is 107 cm³/mol. The molecule has 0 spiro atoms. The van der Waals surface area contributed by atoms with Crippen LogP contribution in [-0.2, 0) is 0 Å². The summed E-state index contributed by atoms with van der Waals surface area (Å²) < 4.78 is 10.8. The lowest BCUT2D eigenvalue weighted by Gasteiger charge is -2.29. The molecule has 28 heavy (non-hydrogen) atoms. The molecular weight excluding hydrogens is 356 g/mol. The van der Waals surface area contributed by atoms with Gasteiger partial charge >= 0.3 is 0 Å². The average molecular weight is 380 g/mol. The maximum atomic E-state index is 13.1. The van der Waals surface area contributed by atoms with Gasteiger partial charge in [-0.1, -0.05) is 17.3 Å². The van der Waals surface area contributed by atoms with E-state index in [2.05, 4.69) is 27.4 Å². The molecule has 1 fully saturated rings. The fraction of sp³-hybridized carbons (Fsp3) is 0.381. The first-order valence-electron chi connectivity index (χ1n) is 9.46. The van der Waals surface area contributed by atoms with Gasteiger partial charge in [0.25, 0.3) is 11.6 Å². The smallest absolute Gasteiger partial charge is 0.259 e. The summed E-state index contributed by atoms with van der Waals surface area (Å²) in [4.78, 5) is 19.8. The summed E-state index contributed by atoms with van der Waals surface area (Å²) in [6.07, 6.45) is 1.89. The van der Waals surface area contributed by atoms with Crippen LogP contribution in [0.15, 0.2) is 34.9 Å². The SMILES string of the molecule is COc1cccc(-c2noc3nc(C)cc(C(=O)NC4CCN(C)CC4)c23)c1. The van der Waals surface area contributed by atoms with E-state index in [4.69, 9.17) is 9.26 Å². The van der Waals surface area contributed by atoms with Crippen molar-refractivity contribution < 1.29 is 14.1 Å². The van der Waals surface area contributed by atoms with E-state index in [0.717, 1.165) is 37.2 Å². The standard InChI is InChI=1S/C21H24N4O3/c1-13-11-17(20(26)23-15-7-9-25(2)10-8-15)18-19(24-28-21(18)22-13)14-5-4-6-16(12-14)27-3/h4-6,11-12,15H,7-10H2,1-3H3,(H,23,26). The molecule has 7 nitrogen and oxygen atoms in total. The molecule has 0 unspecified atom stereocenters. The number of ether oxygens (including phenoxy) is 1. The number of piperidine rings is 1. The Labute approximate surface area is 163 Å². The van der Waals surface area contributed by atoms with Gasteiger partial charge in [-0.15, -0.1) is 0 Å². The summed E-state index contributed by atoms with van der Waals surface area (Å²) in [6.45, 7) is 3.82. The van der Waals surface area contributed by atoms with E-state index in [1.807, 2.05) is 31.2 Å². The van der Waals surface area contributed by atoms with E-state index in [1.165, 1.54) is 0 Å². The molecule has 0 radical (unpaired) electrons. The van der Waals surface area contributed by atoms with Crippen molar-refractivity contribution in [2.24, 2.45) is 0 Å². The van der Waals surface area contributed by atoms with Gasteiger partial charge in [0, 0.05) is 17.3 Å². The molecule has 1 saturated heterocycles. The second-order valence-electron chi connectivity index (χ2n) is 7.31. The molecule has 0 aliphatic carbocycles. The Bertz CT molecular complexity index is 1010. The molecular formula is C21H24N4O3. The van der Waals surface area contributed by atoms with Crippen molar-refractivity contribution in [3.05, 3.63) is 41.6 Å². The summed E-state index contributed by atoms with van der Waals surface area (Å²) in [5, 5.41) is 8.01. The van der Waals surface area contributed by atoms with Crippen LogP contribution in [0.3, 0.4) is 0 Å². The summed E-state index contributed by atoms with van der Waals surface area (Å²) in [7, 11) is 3.72. The predicted octanol–water partition coefficient (Wildman–Crippen LogP) is 3.03. The third kappa shape index (κ3) is 3.57. The number of fused-ring (bicyclic) bond motifs is 1. The molecule has 3 heterocycles. The van der Waals surface area contributed by atoms with Gasteiger partial charge in [-0.05, 0) is 58.1 Å².